The van der Waals surface area contributed by atoms with Crippen molar-refractivity contribution in [2.75, 3.05) is 23.3 Å². The van der Waals surface area contributed by atoms with E-state index in [9.17, 15) is 9.59 Å². The van der Waals surface area contributed by atoms with Crippen LogP contribution in [0.3, 0.4) is 0 Å². The van der Waals surface area contributed by atoms with Gasteiger partial charge in [-0.05, 0) is 74.4 Å². The molecule has 41 heavy (non-hydrogen) atoms. The summed E-state index contributed by atoms with van der Waals surface area (Å²) in [6.07, 6.45) is 13.6. The van der Waals surface area contributed by atoms with Gasteiger partial charge >= 0.3 is 0 Å². The minimum Gasteiger partial charge on any atom is -0.398 e. The average Bonchev–Trinajstić information content (AvgIpc) is 2.98. The summed E-state index contributed by atoms with van der Waals surface area (Å²) in [5.41, 5.74) is 16.6. The predicted molar refractivity (Wildman–Crippen MR) is 164 cm³/mol. The molecule has 9 heteroatoms. The number of anilines is 3. The zero-order chi connectivity index (χ0) is 29.2. The number of amides is 2. The van der Waals surface area contributed by atoms with Crippen LogP contribution < -0.4 is 22.1 Å². The first kappa shape index (κ1) is 29.7. The normalized spacial score (nSPS) is 13.5. The summed E-state index contributed by atoms with van der Waals surface area (Å²) in [5.74, 6) is 0.832. The second-order valence-corrected chi connectivity index (χ2v) is 10.9. The molecule has 0 spiro atoms. The summed E-state index contributed by atoms with van der Waals surface area (Å²) in [5, 5.41) is 14.7. The molecule has 0 unspecified atom stereocenters. The number of rotatable bonds is 12. The van der Waals surface area contributed by atoms with Gasteiger partial charge in [-0.3, -0.25) is 15.0 Å². The molecule has 1 saturated carbocycles. The number of carbonyl (C=O) groups is 2. The molecule has 0 radical (unpaired) electrons. The van der Waals surface area contributed by atoms with E-state index in [4.69, 9.17) is 16.9 Å². The summed E-state index contributed by atoms with van der Waals surface area (Å²) >= 11 is 0. The first-order valence-electron chi connectivity index (χ1n) is 14.6. The van der Waals surface area contributed by atoms with E-state index in [0.29, 0.717) is 28.2 Å². The highest BCUT2D eigenvalue weighted by molar-refractivity contribution is 6.17. The first-order chi connectivity index (χ1) is 19.8. The van der Waals surface area contributed by atoms with Gasteiger partial charge in [-0.15, -0.1) is 0 Å². The second kappa shape index (κ2) is 14.4. The van der Waals surface area contributed by atoms with Crippen molar-refractivity contribution in [3.05, 3.63) is 76.6 Å². The van der Waals surface area contributed by atoms with Crippen LogP contribution in [-0.2, 0) is 11.2 Å². The predicted octanol–water partition coefficient (Wildman–Crippen LogP) is 5.42. The van der Waals surface area contributed by atoms with Gasteiger partial charge in [0.25, 0.3) is 5.91 Å². The summed E-state index contributed by atoms with van der Waals surface area (Å²) in [7, 11) is 0. The molecule has 1 fully saturated rings. The Morgan fingerprint density at radius 3 is 2.39 bits per heavy atom. The molecular formula is C32H41N7O2. The van der Waals surface area contributed by atoms with Crippen LogP contribution in [0.15, 0.2) is 48.8 Å². The van der Waals surface area contributed by atoms with Crippen LogP contribution >= 0.6 is 0 Å². The minimum absolute atomic E-state index is 0.162. The summed E-state index contributed by atoms with van der Waals surface area (Å²) in [4.78, 5) is 33.4. The third-order valence-corrected chi connectivity index (χ3v) is 7.72. The maximum absolute atomic E-state index is 12.6. The third-order valence-electron chi connectivity index (χ3n) is 7.72. The number of hydrogen-bond donors (Lipinski definition) is 5. The van der Waals surface area contributed by atoms with Crippen LogP contribution in [0.1, 0.15) is 90.4 Å². The van der Waals surface area contributed by atoms with E-state index in [1.165, 1.54) is 19.3 Å². The molecule has 0 atom stereocenters. The van der Waals surface area contributed by atoms with Crippen molar-refractivity contribution in [1.82, 2.24) is 15.3 Å². The number of nitrogens with zero attached hydrogens (tertiary/aromatic N) is 2. The zero-order valence-corrected chi connectivity index (χ0v) is 23.8. The summed E-state index contributed by atoms with van der Waals surface area (Å²) in [6, 6.07) is 10.4. The minimum atomic E-state index is -0.282. The fourth-order valence-corrected chi connectivity index (χ4v) is 5.28. The lowest BCUT2D eigenvalue weighted by molar-refractivity contribution is -0.125. The number of nitrogens with one attached hydrogen (secondary N) is 3. The van der Waals surface area contributed by atoms with Gasteiger partial charge in [0.15, 0.2) is 0 Å². The van der Waals surface area contributed by atoms with E-state index < -0.39 is 0 Å². The van der Waals surface area contributed by atoms with Crippen molar-refractivity contribution in [3.8, 4) is 0 Å². The monoisotopic (exact) mass is 555 g/mol. The number of carbonyl (C=O) groups excluding carboxylic acids is 2. The lowest BCUT2D eigenvalue weighted by Gasteiger charge is -2.20. The lowest BCUT2D eigenvalue weighted by Crippen LogP contribution is -2.32. The van der Waals surface area contributed by atoms with Crippen molar-refractivity contribution in [3.63, 3.8) is 0 Å². The largest absolute Gasteiger partial charge is 0.398 e. The third kappa shape index (κ3) is 8.13. The van der Waals surface area contributed by atoms with Gasteiger partial charge in [0, 0.05) is 41.7 Å². The number of hydrogen-bond acceptors (Lipinski definition) is 7. The van der Waals surface area contributed by atoms with Gasteiger partial charge in [0.05, 0.1) is 11.3 Å². The first-order valence-corrected chi connectivity index (χ1v) is 14.6. The molecule has 7 N–H and O–H groups in total. The van der Waals surface area contributed by atoms with Gasteiger partial charge in [0.1, 0.15) is 11.6 Å². The fraction of sp³-hybridized carbons (Fsp3) is 0.406. The molecule has 4 rings (SSSR count). The second-order valence-electron chi connectivity index (χ2n) is 10.9. The highest BCUT2D eigenvalue weighted by Gasteiger charge is 2.20. The molecule has 2 amide bonds. The Morgan fingerprint density at radius 1 is 0.951 bits per heavy atom. The van der Waals surface area contributed by atoms with Gasteiger partial charge in [0.2, 0.25) is 5.91 Å². The quantitative estimate of drug-likeness (QED) is 0.148. The van der Waals surface area contributed by atoms with Crippen LogP contribution in [0, 0.1) is 18.3 Å². The Balaban J connectivity index is 1.27. The van der Waals surface area contributed by atoms with E-state index in [0.717, 1.165) is 62.6 Å². The average molecular weight is 556 g/mol. The van der Waals surface area contributed by atoms with Gasteiger partial charge in [-0.2, -0.15) is 0 Å². The number of pyridine rings is 2. The van der Waals surface area contributed by atoms with Gasteiger partial charge in [-0.1, -0.05) is 44.2 Å². The molecule has 9 nitrogen and oxygen atoms in total. The van der Waals surface area contributed by atoms with Crippen molar-refractivity contribution >= 4 is 34.8 Å². The van der Waals surface area contributed by atoms with E-state index in [-0.39, 0.29) is 29.3 Å². The summed E-state index contributed by atoms with van der Waals surface area (Å²) < 4.78 is 0. The van der Waals surface area contributed by atoms with Crippen LogP contribution in [0.4, 0.5) is 17.3 Å². The number of nitrogens with two attached hydrogens (primary N) is 2. The van der Waals surface area contributed by atoms with Gasteiger partial charge in [-0.25, -0.2) is 9.97 Å². The number of aryl methyl sites for hydroxylation is 2. The molecular weight excluding hydrogens is 514 g/mol. The fourth-order valence-electron chi connectivity index (χ4n) is 5.28. The van der Waals surface area contributed by atoms with Crippen molar-refractivity contribution in [2.45, 2.75) is 71.1 Å². The van der Waals surface area contributed by atoms with Gasteiger partial charge < -0.3 is 22.1 Å². The van der Waals surface area contributed by atoms with E-state index in [2.05, 4.69) is 20.6 Å². The topological polar surface area (TPSA) is 160 Å². The molecule has 1 aliphatic rings. The Labute approximate surface area is 242 Å². The van der Waals surface area contributed by atoms with E-state index >= 15 is 0 Å². The molecule has 0 aliphatic heterocycles. The lowest BCUT2D eigenvalue weighted by atomic mass is 9.88. The van der Waals surface area contributed by atoms with Crippen LogP contribution in [0.2, 0.25) is 0 Å². The number of nitrogen functional groups attached to an aromatic ring is 2. The maximum atomic E-state index is 12.6. The van der Waals surface area contributed by atoms with Crippen LogP contribution in [-0.4, -0.2) is 34.0 Å². The summed E-state index contributed by atoms with van der Waals surface area (Å²) in [6.45, 7) is 2.66. The number of benzene rings is 1. The van der Waals surface area contributed by atoms with Crippen molar-refractivity contribution in [1.29, 1.82) is 5.41 Å². The molecule has 0 bridgehead atoms. The molecule has 2 heterocycles. The Bertz CT molecular complexity index is 1360. The highest BCUT2D eigenvalue weighted by Crippen LogP contribution is 2.27. The van der Waals surface area contributed by atoms with E-state index in [1.807, 2.05) is 13.0 Å². The Hall–Kier alpha value is -4.27. The van der Waals surface area contributed by atoms with Crippen LogP contribution in [0.25, 0.3) is 0 Å². The number of aromatic nitrogens is 2. The molecule has 1 aromatic carbocycles. The van der Waals surface area contributed by atoms with Crippen molar-refractivity contribution < 1.29 is 9.59 Å². The maximum Gasteiger partial charge on any atom is 0.256 e. The SMILES string of the molecule is Cc1ccnc(NC(=O)c2ccc(C(=N)c3c(N)ncc(CCCCCCNC(=O)C4CCCCC4)c3N)cc2)c1. The number of unbranched alkanes of at least 4 members (excludes halogenated alkanes) is 3. The molecule has 216 valence electrons. The standard InChI is InChI=1S/C32H41N7O2/c1-21-16-18-36-26(19-21)39-32(41)24-14-12-22(13-15-24)28(33)27-29(34)25(20-38-30(27)35)11-5-2-3-8-17-37-31(40)23-9-6-4-7-10-23/h12-16,18-20,23,33H,2-11,17H2,1H3,(H,37,40)(H4,34,35,38)(H,36,39,41). The zero-order valence-electron chi connectivity index (χ0n) is 23.8. The Morgan fingerprint density at radius 2 is 1.66 bits per heavy atom. The van der Waals surface area contributed by atoms with Crippen molar-refractivity contribution in [2.24, 2.45) is 5.92 Å². The van der Waals surface area contributed by atoms with E-state index in [1.54, 1.807) is 42.7 Å². The Kier molecular flexibility index (Phi) is 10.4. The molecule has 1 aliphatic carbocycles. The molecule has 2 aromatic heterocycles. The smallest absolute Gasteiger partial charge is 0.256 e. The molecule has 3 aromatic rings. The van der Waals surface area contributed by atoms with Crippen LogP contribution in [0.5, 0.6) is 0 Å². The molecule has 0 saturated heterocycles. The highest BCUT2D eigenvalue weighted by atomic mass is 16.2.